The molecule has 0 spiro atoms. The van der Waals surface area contributed by atoms with E-state index >= 15 is 0 Å². The van der Waals surface area contributed by atoms with Gasteiger partial charge in [-0.25, -0.2) is 0 Å². The molecule has 1 aromatic rings. The van der Waals surface area contributed by atoms with Crippen molar-refractivity contribution in [3.05, 3.63) is 29.8 Å². The van der Waals surface area contributed by atoms with Gasteiger partial charge in [0.2, 0.25) is 5.91 Å². The normalized spacial score (nSPS) is 11.2. The molecule has 0 fully saturated rings. The summed E-state index contributed by atoms with van der Waals surface area (Å²) in [6.07, 6.45) is 0.342. The summed E-state index contributed by atoms with van der Waals surface area (Å²) >= 11 is 0. The number of nitrogens with one attached hydrogen (secondary N) is 1. The molecular formula is C14H22N4O2. The summed E-state index contributed by atoms with van der Waals surface area (Å²) in [6, 6.07) is 7.70. The van der Waals surface area contributed by atoms with Gasteiger partial charge in [0.05, 0.1) is 13.2 Å². The molecule has 3 N–H and O–H groups in total. The van der Waals surface area contributed by atoms with Crippen LogP contribution in [0.1, 0.15) is 12.0 Å². The largest absolute Gasteiger partial charge is 0.380 e. The van der Waals surface area contributed by atoms with Gasteiger partial charge in [-0.05, 0) is 6.07 Å². The number of hydrogen-bond donors (Lipinski definition) is 2. The number of methoxy groups -OCH3 is 1. The van der Waals surface area contributed by atoms with Crippen LogP contribution in [0.2, 0.25) is 0 Å². The fraction of sp³-hybridized carbons (Fsp3) is 0.429. The minimum Gasteiger partial charge on any atom is -0.380 e. The van der Waals surface area contributed by atoms with Crippen molar-refractivity contribution < 1.29 is 9.53 Å². The Morgan fingerprint density at radius 3 is 2.75 bits per heavy atom. The van der Waals surface area contributed by atoms with E-state index in [0.717, 1.165) is 11.3 Å². The van der Waals surface area contributed by atoms with E-state index in [1.807, 2.05) is 24.3 Å². The van der Waals surface area contributed by atoms with Crippen molar-refractivity contribution in [2.45, 2.75) is 13.0 Å². The maximum atomic E-state index is 11.4. The summed E-state index contributed by atoms with van der Waals surface area (Å²) in [5, 5.41) is 3.02. The summed E-state index contributed by atoms with van der Waals surface area (Å²) in [6.45, 7) is 0.859. The number of nitrogens with two attached hydrogens (primary N) is 1. The quantitative estimate of drug-likeness (QED) is 0.602. The summed E-state index contributed by atoms with van der Waals surface area (Å²) in [4.78, 5) is 17.1. The number of anilines is 1. The molecule has 6 heteroatoms. The molecule has 0 bridgehead atoms. The van der Waals surface area contributed by atoms with Crippen molar-refractivity contribution in [2.75, 3.05) is 33.1 Å². The highest BCUT2D eigenvalue weighted by atomic mass is 16.5. The molecule has 0 unspecified atom stereocenters. The molecule has 0 aromatic heterocycles. The Balaban J connectivity index is 2.57. The van der Waals surface area contributed by atoms with Crippen LogP contribution in [-0.4, -0.2) is 44.5 Å². The van der Waals surface area contributed by atoms with Crippen LogP contribution in [0.15, 0.2) is 29.3 Å². The van der Waals surface area contributed by atoms with E-state index in [4.69, 9.17) is 10.5 Å². The molecule has 0 saturated carbocycles. The van der Waals surface area contributed by atoms with E-state index < -0.39 is 0 Å². The molecule has 1 aromatic carbocycles. The van der Waals surface area contributed by atoms with Crippen molar-refractivity contribution in [3.8, 4) is 0 Å². The summed E-state index contributed by atoms with van der Waals surface area (Å²) in [7, 11) is 5.07. The predicted molar refractivity (Wildman–Crippen MR) is 80.6 cm³/mol. The molecule has 0 saturated heterocycles. The number of carbonyl (C=O) groups excluding carboxylic acids is 1. The van der Waals surface area contributed by atoms with E-state index in [0.29, 0.717) is 25.5 Å². The number of guanidine groups is 1. The monoisotopic (exact) mass is 278 g/mol. The average molecular weight is 278 g/mol. The Morgan fingerprint density at radius 1 is 1.40 bits per heavy atom. The lowest BCUT2D eigenvalue weighted by Gasteiger charge is -2.11. The average Bonchev–Trinajstić information content (AvgIpc) is 2.41. The Labute approximate surface area is 119 Å². The van der Waals surface area contributed by atoms with E-state index in [2.05, 4.69) is 10.3 Å². The molecular weight excluding hydrogens is 256 g/mol. The number of amides is 1. The van der Waals surface area contributed by atoms with E-state index in [9.17, 15) is 4.79 Å². The highest BCUT2D eigenvalue weighted by Gasteiger charge is 2.04. The second-order valence-corrected chi connectivity index (χ2v) is 4.52. The Morgan fingerprint density at radius 2 is 2.10 bits per heavy atom. The molecule has 1 rings (SSSR count). The van der Waals surface area contributed by atoms with Gasteiger partial charge in [-0.3, -0.25) is 9.79 Å². The molecule has 1 amide bonds. The van der Waals surface area contributed by atoms with Gasteiger partial charge >= 0.3 is 0 Å². The minimum absolute atomic E-state index is 0.0290. The standard InChI is InChI=1S/C14H22N4O2/c1-18(2)13(19)8-9-16-14(15)17-12-7-5-4-6-11(12)10-20-3/h4-7H,8-10H2,1-3H3,(H3,15,16,17). The zero-order valence-electron chi connectivity index (χ0n) is 12.2. The molecule has 0 heterocycles. The third kappa shape index (κ3) is 5.27. The van der Waals surface area contributed by atoms with Crippen LogP contribution in [0.25, 0.3) is 0 Å². The van der Waals surface area contributed by atoms with Crippen molar-refractivity contribution in [1.29, 1.82) is 0 Å². The fourth-order valence-electron chi connectivity index (χ4n) is 1.60. The van der Waals surface area contributed by atoms with Crippen molar-refractivity contribution in [1.82, 2.24) is 4.90 Å². The zero-order chi connectivity index (χ0) is 15.0. The van der Waals surface area contributed by atoms with Crippen LogP contribution in [0, 0.1) is 0 Å². The molecule has 0 aliphatic rings. The predicted octanol–water partition coefficient (Wildman–Crippen LogP) is 1.04. The van der Waals surface area contributed by atoms with Crippen LogP contribution < -0.4 is 11.1 Å². The second kappa shape index (κ2) is 8.16. The maximum absolute atomic E-state index is 11.4. The van der Waals surface area contributed by atoms with Gasteiger partial charge in [-0.2, -0.15) is 0 Å². The molecule has 0 aliphatic heterocycles. The zero-order valence-corrected chi connectivity index (χ0v) is 12.2. The van der Waals surface area contributed by atoms with Crippen molar-refractivity contribution in [2.24, 2.45) is 10.7 Å². The number of aliphatic imine (C=N–C) groups is 1. The Hall–Kier alpha value is -2.08. The van der Waals surface area contributed by atoms with Gasteiger partial charge in [-0.15, -0.1) is 0 Å². The highest BCUT2D eigenvalue weighted by Crippen LogP contribution is 2.15. The van der Waals surface area contributed by atoms with Gasteiger partial charge in [0.25, 0.3) is 0 Å². The first-order valence-electron chi connectivity index (χ1n) is 6.38. The molecule has 110 valence electrons. The summed E-state index contributed by atoms with van der Waals surface area (Å²) in [5.74, 6) is 0.321. The topological polar surface area (TPSA) is 80.0 Å². The molecule has 0 radical (unpaired) electrons. The number of rotatable bonds is 6. The van der Waals surface area contributed by atoms with Gasteiger partial charge in [-0.1, -0.05) is 18.2 Å². The molecule has 0 atom stereocenters. The lowest BCUT2D eigenvalue weighted by molar-refractivity contribution is -0.128. The summed E-state index contributed by atoms with van der Waals surface area (Å²) in [5.41, 5.74) is 7.66. The minimum atomic E-state index is 0.0290. The number of hydrogen-bond acceptors (Lipinski definition) is 3. The fourth-order valence-corrected chi connectivity index (χ4v) is 1.60. The Bertz CT molecular complexity index is 472. The molecule has 6 nitrogen and oxygen atoms in total. The lowest BCUT2D eigenvalue weighted by atomic mass is 10.2. The third-order valence-corrected chi connectivity index (χ3v) is 2.69. The lowest BCUT2D eigenvalue weighted by Crippen LogP contribution is -2.25. The smallest absolute Gasteiger partial charge is 0.223 e. The van der Waals surface area contributed by atoms with Crippen molar-refractivity contribution in [3.63, 3.8) is 0 Å². The van der Waals surface area contributed by atoms with Crippen LogP contribution in [0.4, 0.5) is 5.69 Å². The number of carbonyl (C=O) groups is 1. The first-order chi connectivity index (χ1) is 9.54. The second-order valence-electron chi connectivity index (χ2n) is 4.52. The molecule has 20 heavy (non-hydrogen) atoms. The van der Waals surface area contributed by atoms with Gasteiger partial charge < -0.3 is 20.7 Å². The highest BCUT2D eigenvalue weighted by molar-refractivity contribution is 5.93. The van der Waals surface area contributed by atoms with Crippen LogP contribution in [0.3, 0.4) is 0 Å². The first kappa shape index (κ1) is 16.0. The van der Waals surface area contributed by atoms with Gasteiger partial charge in [0, 0.05) is 38.9 Å². The van der Waals surface area contributed by atoms with Gasteiger partial charge in [0.15, 0.2) is 5.96 Å². The number of ether oxygens (including phenoxy) is 1. The van der Waals surface area contributed by atoms with Crippen molar-refractivity contribution >= 4 is 17.6 Å². The number of para-hydroxylation sites is 1. The Kier molecular flexibility index (Phi) is 6.52. The van der Waals surface area contributed by atoms with Crippen LogP contribution >= 0.6 is 0 Å². The first-order valence-corrected chi connectivity index (χ1v) is 6.38. The summed E-state index contributed by atoms with van der Waals surface area (Å²) < 4.78 is 5.12. The van der Waals surface area contributed by atoms with E-state index in [-0.39, 0.29) is 5.91 Å². The number of benzene rings is 1. The maximum Gasteiger partial charge on any atom is 0.223 e. The number of nitrogens with zero attached hydrogens (tertiary/aromatic N) is 2. The van der Waals surface area contributed by atoms with E-state index in [1.54, 1.807) is 21.2 Å². The van der Waals surface area contributed by atoms with Crippen LogP contribution in [0.5, 0.6) is 0 Å². The van der Waals surface area contributed by atoms with E-state index in [1.165, 1.54) is 4.90 Å². The SMILES string of the molecule is COCc1ccccc1NC(N)=NCCC(=O)N(C)C. The third-order valence-electron chi connectivity index (χ3n) is 2.69. The molecule has 0 aliphatic carbocycles. The van der Waals surface area contributed by atoms with Crippen LogP contribution in [-0.2, 0) is 16.1 Å². The van der Waals surface area contributed by atoms with Gasteiger partial charge in [0.1, 0.15) is 0 Å².